The van der Waals surface area contributed by atoms with Gasteiger partial charge in [0.25, 0.3) is 5.91 Å². The SMILES string of the molecule is Cc1cc(C(=O)N2CCN(CCCOCC(F)(F)F)CC2)c(C)n1Cc1ccccc1. The van der Waals surface area contributed by atoms with E-state index in [2.05, 4.69) is 26.3 Å². The second-order valence-corrected chi connectivity index (χ2v) is 8.01. The molecule has 1 aromatic heterocycles. The fourth-order valence-electron chi connectivity index (χ4n) is 3.95. The molecule has 2 aromatic rings. The van der Waals surface area contributed by atoms with Crippen molar-refractivity contribution in [3.63, 3.8) is 0 Å². The highest BCUT2D eigenvalue weighted by atomic mass is 19.4. The van der Waals surface area contributed by atoms with Gasteiger partial charge in [-0.2, -0.15) is 13.2 Å². The maximum absolute atomic E-state index is 13.1. The summed E-state index contributed by atoms with van der Waals surface area (Å²) in [6.07, 6.45) is -3.73. The van der Waals surface area contributed by atoms with E-state index < -0.39 is 12.8 Å². The van der Waals surface area contributed by atoms with Gasteiger partial charge in [-0.1, -0.05) is 30.3 Å². The molecule has 0 saturated carbocycles. The quantitative estimate of drug-likeness (QED) is 0.589. The first-order chi connectivity index (χ1) is 14.7. The molecule has 170 valence electrons. The third kappa shape index (κ3) is 6.58. The van der Waals surface area contributed by atoms with Crippen molar-refractivity contribution >= 4 is 5.91 Å². The highest BCUT2D eigenvalue weighted by Gasteiger charge is 2.27. The Balaban J connectivity index is 1.49. The number of carbonyl (C=O) groups is 1. The predicted molar refractivity (Wildman–Crippen MR) is 113 cm³/mol. The van der Waals surface area contributed by atoms with Gasteiger partial charge in [-0.25, -0.2) is 0 Å². The molecular formula is C23H30F3N3O2. The molecule has 0 bridgehead atoms. The molecule has 5 nitrogen and oxygen atoms in total. The Kier molecular flexibility index (Phi) is 7.78. The summed E-state index contributed by atoms with van der Waals surface area (Å²) in [5.41, 5.74) is 3.95. The Morgan fingerprint density at radius 1 is 1.06 bits per heavy atom. The highest BCUT2D eigenvalue weighted by Crippen LogP contribution is 2.20. The molecule has 1 aliphatic rings. The number of hydrogen-bond acceptors (Lipinski definition) is 3. The summed E-state index contributed by atoms with van der Waals surface area (Å²) in [4.78, 5) is 17.1. The Hall–Kier alpha value is -2.32. The molecule has 1 aromatic carbocycles. The van der Waals surface area contributed by atoms with Crippen molar-refractivity contribution < 1.29 is 22.7 Å². The van der Waals surface area contributed by atoms with Gasteiger partial charge < -0.3 is 14.2 Å². The molecule has 3 rings (SSSR count). The van der Waals surface area contributed by atoms with E-state index >= 15 is 0 Å². The number of nitrogens with zero attached hydrogens (tertiary/aromatic N) is 3. The molecule has 8 heteroatoms. The van der Waals surface area contributed by atoms with Crippen molar-refractivity contribution in [2.24, 2.45) is 0 Å². The van der Waals surface area contributed by atoms with Crippen molar-refractivity contribution in [2.75, 3.05) is 45.9 Å². The van der Waals surface area contributed by atoms with E-state index in [1.54, 1.807) is 0 Å². The van der Waals surface area contributed by atoms with Crippen LogP contribution in [-0.4, -0.2) is 72.4 Å². The van der Waals surface area contributed by atoms with Crippen molar-refractivity contribution in [2.45, 2.75) is 33.0 Å². The summed E-state index contributed by atoms with van der Waals surface area (Å²) in [6, 6.07) is 12.1. The van der Waals surface area contributed by atoms with Gasteiger partial charge in [0.2, 0.25) is 0 Å². The van der Waals surface area contributed by atoms with Crippen LogP contribution in [0.25, 0.3) is 0 Å². The number of halogens is 3. The van der Waals surface area contributed by atoms with E-state index in [0.717, 1.165) is 23.5 Å². The largest absolute Gasteiger partial charge is 0.411 e. The van der Waals surface area contributed by atoms with Crippen molar-refractivity contribution in [1.29, 1.82) is 0 Å². The van der Waals surface area contributed by atoms with Gasteiger partial charge in [0.15, 0.2) is 0 Å². The van der Waals surface area contributed by atoms with Crippen LogP contribution in [0.5, 0.6) is 0 Å². The second-order valence-electron chi connectivity index (χ2n) is 8.01. The Morgan fingerprint density at radius 2 is 1.74 bits per heavy atom. The van der Waals surface area contributed by atoms with Gasteiger partial charge in [-0.15, -0.1) is 0 Å². The van der Waals surface area contributed by atoms with Crippen LogP contribution >= 0.6 is 0 Å². The summed E-state index contributed by atoms with van der Waals surface area (Å²) in [5, 5.41) is 0. The summed E-state index contributed by atoms with van der Waals surface area (Å²) in [6.45, 7) is 6.97. The Bertz CT molecular complexity index is 857. The number of rotatable bonds is 8. The van der Waals surface area contributed by atoms with Gasteiger partial charge in [-0.05, 0) is 31.9 Å². The topological polar surface area (TPSA) is 37.7 Å². The van der Waals surface area contributed by atoms with Crippen LogP contribution in [0.4, 0.5) is 13.2 Å². The molecule has 1 aliphatic heterocycles. The highest BCUT2D eigenvalue weighted by molar-refractivity contribution is 5.95. The Morgan fingerprint density at radius 3 is 2.39 bits per heavy atom. The van der Waals surface area contributed by atoms with E-state index in [9.17, 15) is 18.0 Å². The van der Waals surface area contributed by atoms with Crippen molar-refractivity contribution in [3.05, 3.63) is 58.9 Å². The number of piperazine rings is 1. The predicted octanol–water partition coefficient (Wildman–Crippen LogP) is 3.88. The maximum Gasteiger partial charge on any atom is 0.411 e. The standard InChI is InChI=1S/C23H30F3N3O2/c1-18-15-21(19(2)29(18)16-20-7-4-3-5-8-20)22(30)28-12-10-27(11-13-28)9-6-14-31-17-23(24,25)26/h3-5,7-8,15H,6,9-14,16-17H2,1-2H3. The summed E-state index contributed by atoms with van der Waals surface area (Å²) < 4.78 is 43.1. The van der Waals surface area contributed by atoms with Crippen LogP contribution in [0.1, 0.15) is 33.7 Å². The minimum atomic E-state index is -4.28. The molecule has 1 saturated heterocycles. The first-order valence-electron chi connectivity index (χ1n) is 10.6. The molecule has 0 spiro atoms. The van der Waals surface area contributed by atoms with Crippen LogP contribution in [0.15, 0.2) is 36.4 Å². The average Bonchev–Trinajstić information content (AvgIpc) is 3.02. The van der Waals surface area contributed by atoms with Crippen LogP contribution in [0, 0.1) is 13.8 Å². The lowest BCUT2D eigenvalue weighted by Gasteiger charge is -2.34. The fraction of sp³-hybridized carbons (Fsp3) is 0.522. The number of ether oxygens (including phenoxy) is 1. The van der Waals surface area contributed by atoms with Crippen molar-refractivity contribution in [3.8, 4) is 0 Å². The monoisotopic (exact) mass is 437 g/mol. The van der Waals surface area contributed by atoms with E-state index in [0.29, 0.717) is 39.1 Å². The average molecular weight is 438 g/mol. The first kappa shape index (κ1) is 23.3. The fourth-order valence-corrected chi connectivity index (χ4v) is 3.95. The molecule has 0 unspecified atom stereocenters. The minimum Gasteiger partial charge on any atom is -0.372 e. The van der Waals surface area contributed by atoms with Gasteiger partial charge in [-0.3, -0.25) is 9.69 Å². The zero-order valence-corrected chi connectivity index (χ0v) is 18.1. The molecule has 0 atom stereocenters. The van der Waals surface area contributed by atoms with Gasteiger partial charge in [0, 0.05) is 57.3 Å². The molecular weight excluding hydrogens is 407 g/mol. The van der Waals surface area contributed by atoms with Gasteiger partial charge in [0.1, 0.15) is 6.61 Å². The third-order valence-electron chi connectivity index (χ3n) is 5.68. The van der Waals surface area contributed by atoms with Crippen LogP contribution in [-0.2, 0) is 11.3 Å². The number of amides is 1. The smallest absolute Gasteiger partial charge is 0.372 e. The lowest BCUT2D eigenvalue weighted by Crippen LogP contribution is -2.49. The lowest BCUT2D eigenvalue weighted by atomic mass is 10.2. The second kappa shape index (κ2) is 10.3. The summed E-state index contributed by atoms with van der Waals surface area (Å²) in [7, 11) is 0. The van der Waals surface area contributed by atoms with Gasteiger partial charge >= 0.3 is 6.18 Å². The third-order valence-corrected chi connectivity index (χ3v) is 5.68. The van der Waals surface area contributed by atoms with Crippen LogP contribution < -0.4 is 0 Å². The molecule has 0 radical (unpaired) electrons. The molecule has 2 heterocycles. The number of alkyl halides is 3. The van der Waals surface area contributed by atoms with Crippen molar-refractivity contribution in [1.82, 2.24) is 14.4 Å². The van der Waals surface area contributed by atoms with Crippen LogP contribution in [0.3, 0.4) is 0 Å². The lowest BCUT2D eigenvalue weighted by molar-refractivity contribution is -0.174. The molecule has 0 N–H and O–H groups in total. The van der Waals surface area contributed by atoms with Gasteiger partial charge in [0.05, 0.1) is 5.56 Å². The van der Waals surface area contributed by atoms with E-state index in [4.69, 9.17) is 0 Å². The molecule has 1 fully saturated rings. The van der Waals surface area contributed by atoms with E-state index in [1.165, 1.54) is 5.56 Å². The summed E-state index contributed by atoms with van der Waals surface area (Å²) in [5.74, 6) is 0.0422. The number of carbonyl (C=O) groups excluding carboxylic acids is 1. The van der Waals surface area contributed by atoms with E-state index in [1.807, 2.05) is 43.0 Å². The number of aromatic nitrogens is 1. The number of hydrogen-bond donors (Lipinski definition) is 0. The zero-order valence-electron chi connectivity index (χ0n) is 18.1. The maximum atomic E-state index is 13.1. The molecule has 0 aliphatic carbocycles. The summed E-state index contributed by atoms with van der Waals surface area (Å²) >= 11 is 0. The molecule has 31 heavy (non-hydrogen) atoms. The Labute approximate surface area is 181 Å². The zero-order chi connectivity index (χ0) is 22.4. The van der Waals surface area contributed by atoms with E-state index in [-0.39, 0.29) is 12.5 Å². The normalized spacial score (nSPS) is 15.5. The molecule has 1 amide bonds. The first-order valence-corrected chi connectivity index (χ1v) is 10.6. The number of benzene rings is 1. The van der Waals surface area contributed by atoms with Crippen LogP contribution in [0.2, 0.25) is 0 Å². The number of aryl methyl sites for hydroxylation is 1. The minimum absolute atomic E-state index is 0.0422.